The monoisotopic (exact) mass is 402 g/mol. The van der Waals surface area contributed by atoms with Gasteiger partial charge in [-0.05, 0) is 47.9 Å². The number of thiophene rings is 1. The predicted molar refractivity (Wildman–Crippen MR) is 106 cm³/mol. The van der Waals surface area contributed by atoms with E-state index in [2.05, 4.69) is 5.32 Å². The van der Waals surface area contributed by atoms with Gasteiger partial charge in [0.25, 0.3) is 0 Å². The second-order valence-electron chi connectivity index (χ2n) is 6.95. The molecule has 0 bridgehead atoms. The second-order valence-corrected chi connectivity index (χ2v) is 9.99. The lowest BCUT2D eigenvalue weighted by Crippen LogP contribution is -2.36. The molecule has 1 aliphatic carbocycles. The molecule has 5 nitrogen and oxygen atoms in total. The SMILES string of the molecule is N#Cc1ccc(CS(=O)(=O)CC(=O)NC(c2cccs2)C2CCCC2)cc1. The molecule has 1 saturated carbocycles. The maximum atomic E-state index is 12.5. The van der Waals surface area contributed by atoms with Gasteiger partial charge in [0.15, 0.2) is 9.84 Å². The van der Waals surface area contributed by atoms with Gasteiger partial charge in [-0.2, -0.15) is 5.26 Å². The Morgan fingerprint density at radius 1 is 1.22 bits per heavy atom. The Bertz CT molecular complexity index is 907. The standard InChI is InChI=1S/C20H22N2O3S2/c21-12-15-7-9-16(10-8-15)13-27(24,25)14-19(23)22-20(17-4-1-2-5-17)18-6-3-11-26-18/h3,6-11,17,20H,1-2,4-5,13-14H2,(H,22,23). The highest BCUT2D eigenvalue weighted by Gasteiger charge is 2.29. The molecule has 1 aromatic carbocycles. The fraction of sp³-hybridized carbons (Fsp3) is 0.400. The van der Waals surface area contributed by atoms with Crippen LogP contribution in [0.2, 0.25) is 0 Å². The summed E-state index contributed by atoms with van der Waals surface area (Å²) in [6.07, 6.45) is 4.42. The van der Waals surface area contributed by atoms with Crippen molar-refractivity contribution in [1.29, 1.82) is 5.26 Å². The Labute approximate surface area is 164 Å². The Hall–Kier alpha value is -2.17. The Morgan fingerprint density at radius 3 is 2.52 bits per heavy atom. The van der Waals surface area contributed by atoms with Gasteiger partial charge >= 0.3 is 0 Å². The van der Waals surface area contributed by atoms with E-state index in [0.29, 0.717) is 17.0 Å². The Morgan fingerprint density at radius 2 is 1.93 bits per heavy atom. The fourth-order valence-electron chi connectivity index (χ4n) is 3.58. The van der Waals surface area contributed by atoms with Crippen molar-refractivity contribution in [3.63, 3.8) is 0 Å². The van der Waals surface area contributed by atoms with Gasteiger partial charge in [-0.3, -0.25) is 4.79 Å². The molecule has 1 atom stereocenters. The molecular formula is C20H22N2O3S2. The summed E-state index contributed by atoms with van der Waals surface area (Å²) in [5.41, 5.74) is 1.05. The summed E-state index contributed by atoms with van der Waals surface area (Å²) < 4.78 is 24.9. The lowest BCUT2D eigenvalue weighted by Gasteiger charge is -2.23. The Balaban J connectivity index is 1.64. The van der Waals surface area contributed by atoms with Crippen LogP contribution in [0.15, 0.2) is 41.8 Å². The highest BCUT2D eigenvalue weighted by atomic mass is 32.2. The number of nitriles is 1. The molecule has 0 spiro atoms. The van der Waals surface area contributed by atoms with Crippen molar-refractivity contribution in [1.82, 2.24) is 5.32 Å². The molecule has 0 saturated heterocycles. The molecule has 1 amide bonds. The maximum Gasteiger partial charge on any atom is 0.235 e. The molecule has 1 unspecified atom stereocenters. The molecule has 0 aliphatic heterocycles. The van der Waals surface area contributed by atoms with Gasteiger partial charge in [-0.1, -0.05) is 31.0 Å². The molecule has 2 aromatic rings. The smallest absolute Gasteiger partial charge is 0.235 e. The van der Waals surface area contributed by atoms with E-state index >= 15 is 0 Å². The quantitative estimate of drug-likeness (QED) is 0.767. The van der Waals surface area contributed by atoms with Crippen molar-refractivity contribution in [2.24, 2.45) is 5.92 Å². The van der Waals surface area contributed by atoms with E-state index in [9.17, 15) is 13.2 Å². The second kappa shape index (κ2) is 8.68. The van der Waals surface area contributed by atoms with Crippen LogP contribution in [-0.2, 0) is 20.4 Å². The van der Waals surface area contributed by atoms with Gasteiger partial charge in [0.05, 0.1) is 23.4 Å². The van der Waals surface area contributed by atoms with Crippen LogP contribution in [0.5, 0.6) is 0 Å². The highest BCUT2D eigenvalue weighted by Crippen LogP contribution is 2.37. The van der Waals surface area contributed by atoms with E-state index in [1.807, 2.05) is 23.6 Å². The predicted octanol–water partition coefficient (Wildman–Crippen LogP) is 3.58. The number of carbonyl (C=O) groups is 1. The summed E-state index contributed by atoms with van der Waals surface area (Å²) in [7, 11) is -3.58. The molecular weight excluding hydrogens is 380 g/mol. The number of hydrogen-bond donors (Lipinski definition) is 1. The maximum absolute atomic E-state index is 12.5. The number of hydrogen-bond acceptors (Lipinski definition) is 5. The first-order chi connectivity index (χ1) is 13.0. The first-order valence-corrected chi connectivity index (χ1v) is 11.7. The molecule has 0 radical (unpaired) electrons. The van der Waals surface area contributed by atoms with Crippen molar-refractivity contribution in [3.8, 4) is 6.07 Å². The average molecular weight is 403 g/mol. The minimum absolute atomic E-state index is 0.106. The van der Waals surface area contributed by atoms with E-state index < -0.39 is 21.5 Å². The number of amides is 1. The fourth-order valence-corrected chi connectivity index (χ4v) is 5.73. The van der Waals surface area contributed by atoms with Crippen LogP contribution in [0.1, 0.15) is 47.7 Å². The lowest BCUT2D eigenvalue weighted by atomic mass is 9.97. The molecule has 1 N–H and O–H groups in total. The number of rotatable bonds is 7. The van der Waals surface area contributed by atoms with Gasteiger partial charge in [0, 0.05) is 4.88 Å². The molecule has 27 heavy (non-hydrogen) atoms. The van der Waals surface area contributed by atoms with Gasteiger partial charge in [0.2, 0.25) is 5.91 Å². The van der Waals surface area contributed by atoms with Crippen LogP contribution < -0.4 is 5.32 Å². The van der Waals surface area contributed by atoms with Crippen molar-refractivity contribution in [3.05, 3.63) is 57.8 Å². The average Bonchev–Trinajstić information content (AvgIpc) is 3.33. The van der Waals surface area contributed by atoms with Crippen LogP contribution in [-0.4, -0.2) is 20.1 Å². The van der Waals surface area contributed by atoms with Crippen molar-refractivity contribution in [2.45, 2.75) is 37.5 Å². The van der Waals surface area contributed by atoms with Crippen LogP contribution >= 0.6 is 11.3 Å². The summed E-state index contributed by atoms with van der Waals surface area (Å²) in [5.74, 6) is -0.816. The zero-order valence-electron chi connectivity index (χ0n) is 14.9. The third-order valence-electron chi connectivity index (χ3n) is 4.86. The van der Waals surface area contributed by atoms with E-state index in [-0.39, 0.29) is 11.8 Å². The van der Waals surface area contributed by atoms with Gasteiger partial charge < -0.3 is 5.32 Å². The van der Waals surface area contributed by atoms with Crippen molar-refractivity contribution in [2.75, 3.05) is 5.75 Å². The largest absolute Gasteiger partial charge is 0.347 e. The van der Waals surface area contributed by atoms with Crippen LogP contribution in [0.3, 0.4) is 0 Å². The first-order valence-electron chi connectivity index (χ1n) is 8.99. The zero-order valence-corrected chi connectivity index (χ0v) is 16.6. The molecule has 142 valence electrons. The molecule has 1 fully saturated rings. The number of sulfone groups is 1. The summed E-state index contributed by atoms with van der Waals surface area (Å²) in [6, 6.07) is 12.2. The first kappa shape index (κ1) is 19.6. The van der Waals surface area contributed by atoms with Gasteiger partial charge in [-0.15, -0.1) is 11.3 Å². The number of nitrogens with zero attached hydrogens (tertiary/aromatic N) is 1. The Kier molecular flexibility index (Phi) is 6.30. The molecule has 1 heterocycles. The van der Waals surface area contributed by atoms with E-state index in [1.165, 1.54) is 0 Å². The molecule has 3 rings (SSSR count). The minimum Gasteiger partial charge on any atom is -0.347 e. The molecule has 7 heteroatoms. The normalized spacial score (nSPS) is 16.0. The van der Waals surface area contributed by atoms with Crippen molar-refractivity contribution < 1.29 is 13.2 Å². The third kappa shape index (κ3) is 5.41. The van der Waals surface area contributed by atoms with Crippen LogP contribution in [0.4, 0.5) is 0 Å². The van der Waals surface area contributed by atoms with Crippen molar-refractivity contribution >= 4 is 27.1 Å². The summed E-state index contributed by atoms with van der Waals surface area (Å²) in [6.45, 7) is 0. The van der Waals surface area contributed by atoms with Gasteiger partial charge in [0.1, 0.15) is 5.75 Å². The van der Waals surface area contributed by atoms with Gasteiger partial charge in [-0.25, -0.2) is 8.42 Å². The van der Waals surface area contributed by atoms with Crippen LogP contribution in [0, 0.1) is 17.2 Å². The highest BCUT2D eigenvalue weighted by molar-refractivity contribution is 7.91. The number of carbonyl (C=O) groups excluding carboxylic acids is 1. The topological polar surface area (TPSA) is 87.0 Å². The zero-order chi connectivity index (χ0) is 19.3. The third-order valence-corrected chi connectivity index (χ3v) is 7.29. The van der Waals surface area contributed by atoms with E-state index in [0.717, 1.165) is 30.6 Å². The van der Waals surface area contributed by atoms with E-state index in [1.54, 1.807) is 35.6 Å². The lowest BCUT2D eigenvalue weighted by molar-refractivity contribution is -0.119. The summed E-state index contributed by atoms with van der Waals surface area (Å²) in [4.78, 5) is 13.6. The number of nitrogens with one attached hydrogen (secondary N) is 1. The van der Waals surface area contributed by atoms with Crippen LogP contribution in [0.25, 0.3) is 0 Å². The molecule has 1 aromatic heterocycles. The summed E-state index contributed by atoms with van der Waals surface area (Å²) in [5, 5.41) is 13.8. The van der Waals surface area contributed by atoms with E-state index in [4.69, 9.17) is 5.26 Å². The summed E-state index contributed by atoms with van der Waals surface area (Å²) >= 11 is 1.59. The minimum atomic E-state index is -3.58. The number of benzene rings is 1. The molecule has 1 aliphatic rings.